The SMILES string of the molecule is CN=C(N)NCCNC(=O)c1ccco1. The number of nitrogens with zero attached hydrogens (tertiary/aromatic N) is 1. The molecule has 0 saturated carbocycles. The van der Waals surface area contributed by atoms with Gasteiger partial charge in [0.2, 0.25) is 0 Å². The van der Waals surface area contributed by atoms with E-state index in [2.05, 4.69) is 15.6 Å². The predicted molar refractivity (Wildman–Crippen MR) is 56.6 cm³/mol. The van der Waals surface area contributed by atoms with E-state index in [9.17, 15) is 4.79 Å². The number of hydrogen-bond acceptors (Lipinski definition) is 3. The number of amides is 1. The van der Waals surface area contributed by atoms with Gasteiger partial charge in [0.05, 0.1) is 6.26 Å². The van der Waals surface area contributed by atoms with Gasteiger partial charge in [-0.1, -0.05) is 0 Å². The molecule has 1 rings (SSSR count). The molecule has 6 heteroatoms. The van der Waals surface area contributed by atoms with Gasteiger partial charge in [0.25, 0.3) is 5.91 Å². The highest BCUT2D eigenvalue weighted by molar-refractivity contribution is 5.91. The molecular formula is C9H14N4O2. The summed E-state index contributed by atoms with van der Waals surface area (Å²) in [5.74, 6) is 0.406. The first kappa shape index (κ1) is 11.1. The minimum absolute atomic E-state index is 0.242. The van der Waals surface area contributed by atoms with Gasteiger partial charge in [-0.2, -0.15) is 0 Å². The molecule has 15 heavy (non-hydrogen) atoms. The molecule has 82 valence electrons. The summed E-state index contributed by atoms with van der Waals surface area (Å²) in [5.41, 5.74) is 5.39. The van der Waals surface area contributed by atoms with E-state index < -0.39 is 0 Å². The summed E-state index contributed by atoms with van der Waals surface area (Å²) in [7, 11) is 1.59. The minimum atomic E-state index is -0.242. The standard InChI is InChI=1S/C9H14N4O2/c1-11-9(10)13-5-4-12-8(14)7-3-2-6-15-7/h2-3,6H,4-5H2,1H3,(H,12,14)(H3,10,11,13). The van der Waals surface area contributed by atoms with Crippen molar-refractivity contribution in [1.29, 1.82) is 0 Å². The van der Waals surface area contributed by atoms with Gasteiger partial charge in [0.15, 0.2) is 11.7 Å². The second kappa shape index (κ2) is 5.69. The summed E-state index contributed by atoms with van der Waals surface area (Å²) in [6.45, 7) is 0.978. The van der Waals surface area contributed by atoms with Crippen molar-refractivity contribution in [3.63, 3.8) is 0 Å². The average molecular weight is 210 g/mol. The Morgan fingerprint density at radius 3 is 2.87 bits per heavy atom. The van der Waals surface area contributed by atoms with Crippen molar-refractivity contribution in [3.8, 4) is 0 Å². The van der Waals surface area contributed by atoms with Gasteiger partial charge in [-0.25, -0.2) is 0 Å². The molecule has 0 unspecified atom stereocenters. The molecule has 1 amide bonds. The average Bonchev–Trinajstić information content (AvgIpc) is 2.77. The molecule has 0 bridgehead atoms. The fraction of sp³-hybridized carbons (Fsp3) is 0.333. The van der Waals surface area contributed by atoms with Crippen LogP contribution in [0.25, 0.3) is 0 Å². The van der Waals surface area contributed by atoms with Crippen molar-refractivity contribution >= 4 is 11.9 Å². The molecule has 0 spiro atoms. The number of nitrogens with two attached hydrogens (primary N) is 1. The number of furan rings is 1. The van der Waals surface area contributed by atoms with E-state index in [-0.39, 0.29) is 5.91 Å². The van der Waals surface area contributed by atoms with Crippen LogP contribution in [-0.4, -0.2) is 32.0 Å². The van der Waals surface area contributed by atoms with Crippen LogP contribution in [0.1, 0.15) is 10.6 Å². The van der Waals surface area contributed by atoms with Gasteiger partial charge in [-0.15, -0.1) is 0 Å². The molecular weight excluding hydrogens is 196 g/mol. The van der Waals surface area contributed by atoms with Crippen molar-refractivity contribution in [3.05, 3.63) is 24.2 Å². The molecule has 0 atom stereocenters. The van der Waals surface area contributed by atoms with E-state index in [1.165, 1.54) is 6.26 Å². The van der Waals surface area contributed by atoms with E-state index in [4.69, 9.17) is 10.2 Å². The maximum absolute atomic E-state index is 11.3. The first-order valence-corrected chi connectivity index (χ1v) is 4.52. The molecule has 0 aromatic carbocycles. The molecule has 0 saturated heterocycles. The topological polar surface area (TPSA) is 92.6 Å². The first-order valence-electron chi connectivity index (χ1n) is 4.52. The largest absolute Gasteiger partial charge is 0.459 e. The lowest BCUT2D eigenvalue weighted by molar-refractivity contribution is 0.0926. The van der Waals surface area contributed by atoms with Crippen LogP contribution in [0.2, 0.25) is 0 Å². The number of carbonyl (C=O) groups is 1. The molecule has 0 aliphatic carbocycles. The van der Waals surface area contributed by atoms with Gasteiger partial charge in [-0.3, -0.25) is 9.79 Å². The molecule has 1 heterocycles. The molecule has 0 aliphatic heterocycles. The third kappa shape index (κ3) is 3.72. The summed E-state index contributed by atoms with van der Waals surface area (Å²) < 4.78 is 4.91. The number of aliphatic imine (C=N–C) groups is 1. The molecule has 6 nitrogen and oxygen atoms in total. The number of hydrogen-bond donors (Lipinski definition) is 3. The summed E-state index contributed by atoms with van der Waals surface area (Å²) in [6, 6.07) is 3.26. The lowest BCUT2D eigenvalue weighted by Crippen LogP contribution is -2.38. The van der Waals surface area contributed by atoms with Crippen molar-refractivity contribution in [2.75, 3.05) is 20.1 Å². The lowest BCUT2D eigenvalue weighted by Gasteiger charge is -2.05. The lowest BCUT2D eigenvalue weighted by atomic mass is 10.4. The Balaban J connectivity index is 2.19. The molecule has 0 fully saturated rings. The van der Waals surface area contributed by atoms with Gasteiger partial charge >= 0.3 is 0 Å². The highest BCUT2D eigenvalue weighted by Crippen LogP contribution is 1.98. The van der Waals surface area contributed by atoms with Crippen LogP contribution in [-0.2, 0) is 0 Å². The van der Waals surface area contributed by atoms with Crippen molar-refractivity contribution < 1.29 is 9.21 Å². The Hall–Kier alpha value is -1.98. The molecule has 1 aromatic rings. The summed E-state index contributed by atoms with van der Waals surface area (Å²) in [6.07, 6.45) is 1.45. The Morgan fingerprint density at radius 1 is 1.53 bits per heavy atom. The fourth-order valence-corrected chi connectivity index (χ4v) is 0.941. The molecule has 1 aromatic heterocycles. The Kier molecular flexibility index (Phi) is 4.21. The van der Waals surface area contributed by atoms with E-state index in [0.29, 0.717) is 24.8 Å². The number of rotatable bonds is 4. The summed E-state index contributed by atoms with van der Waals surface area (Å²) in [4.78, 5) is 15.0. The van der Waals surface area contributed by atoms with Gasteiger partial charge < -0.3 is 20.8 Å². The van der Waals surface area contributed by atoms with Gasteiger partial charge in [-0.05, 0) is 12.1 Å². The zero-order valence-corrected chi connectivity index (χ0v) is 8.49. The smallest absolute Gasteiger partial charge is 0.287 e. The van der Waals surface area contributed by atoms with Crippen molar-refractivity contribution in [2.45, 2.75) is 0 Å². The van der Waals surface area contributed by atoms with Gasteiger partial charge in [0, 0.05) is 20.1 Å². The summed E-state index contributed by atoms with van der Waals surface area (Å²) in [5, 5.41) is 5.47. The van der Waals surface area contributed by atoms with Crippen LogP contribution in [0, 0.1) is 0 Å². The Labute approximate surface area is 87.5 Å². The minimum Gasteiger partial charge on any atom is -0.459 e. The highest BCUT2D eigenvalue weighted by Gasteiger charge is 2.06. The zero-order valence-electron chi connectivity index (χ0n) is 8.49. The van der Waals surface area contributed by atoms with Crippen LogP contribution in [0.3, 0.4) is 0 Å². The normalized spacial score (nSPS) is 11.1. The second-order valence-corrected chi connectivity index (χ2v) is 2.77. The second-order valence-electron chi connectivity index (χ2n) is 2.77. The third-order valence-corrected chi connectivity index (χ3v) is 1.70. The van der Waals surface area contributed by atoms with E-state index in [1.54, 1.807) is 19.2 Å². The van der Waals surface area contributed by atoms with E-state index in [0.717, 1.165) is 0 Å². The maximum atomic E-state index is 11.3. The van der Waals surface area contributed by atoms with Crippen LogP contribution in [0.15, 0.2) is 27.8 Å². The molecule has 4 N–H and O–H groups in total. The number of nitrogens with one attached hydrogen (secondary N) is 2. The fourth-order valence-electron chi connectivity index (χ4n) is 0.941. The van der Waals surface area contributed by atoms with Crippen LogP contribution in [0.5, 0.6) is 0 Å². The van der Waals surface area contributed by atoms with Crippen LogP contribution >= 0.6 is 0 Å². The summed E-state index contributed by atoms with van der Waals surface area (Å²) >= 11 is 0. The Bertz CT molecular complexity index is 332. The van der Waals surface area contributed by atoms with Crippen molar-refractivity contribution in [2.24, 2.45) is 10.7 Å². The zero-order chi connectivity index (χ0) is 11.1. The first-order chi connectivity index (χ1) is 7.24. The van der Waals surface area contributed by atoms with E-state index in [1.807, 2.05) is 0 Å². The third-order valence-electron chi connectivity index (χ3n) is 1.70. The molecule has 0 radical (unpaired) electrons. The number of guanidine groups is 1. The number of carbonyl (C=O) groups excluding carboxylic acids is 1. The van der Waals surface area contributed by atoms with Gasteiger partial charge in [0.1, 0.15) is 0 Å². The quantitative estimate of drug-likeness (QED) is 0.356. The van der Waals surface area contributed by atoms with Crippen molar-refractivity contribution in [1.82, 2.24) is 10.6 Å². The monoisotopic (exact) mass is 210 g/mol. The van der Waals surface area contributed by atoms with Crippen LogP contribution < -0.4 is 16.4 Å². The van der Waals surface area contributed by atoms with Crippen LogP contribution in [0.4, 0.5) is 0 Å². The molecule has 0 aliphatic rings. The predicted octanol–water partition coefficient (Wildman–Crippen LogP) is -0.456. The Morgan fingerprint density at radius 2 is 2.27 bits per heavy atom. The van der Waals surface area contributed by atoms with E-state index >= 15 is 0 Å². The highest BCUT2D eigenvalue weighted by atomic mass is 16.3. The maximum Gasteiger partial charge on any atom is 0.287 e.